The molecule has 0 fully saturated rings. The lowest BCUT2D eigenvalue weighted by atomic mass is 9.78. The van der Waals surface area contributed by atoms with Crippen molar-refractivity contribution in [3.8, 4) is 0 Å². The minimum atomic E-state index is -0.243. The molecule has 1 N–H and O–H groups in total. The fourth-order valence-corrected chi connectivity index (χ4v) is 4.36. The van der Waals surface area contributed by atoms with Crippen molar-refractivity contribution in [2.75, 3.05) is 5.32 Å². The number of hydrogen-bond acceptors (Lipinski definition) is 4. The van der Waals surface area contributed by atoms with E-state index in [-0.39, 0.29) is 17.7 Å². The molecule has 0 unspecified atom stereocenters. The van der Waals surface area contributed by atoms with Gasteiger partial charge < -0.3 is 5.32 Å². The topological polar surface area (TPSA) is 59.8 Å². The third kappa shape index (κ3) is 2.83. The SMILES string of the molecule is Cc1nc2n(n1)[C@@H](c1ccccc1)C1=C(C[C@H](c3ccc(Cl)cc3)CC1=O)N2. The Morgan fingerprint density at radius 1 is 1.04 bits per heavy atom. The maximum Gasteiger partial charge on any atom is 0.226 e. The van der Waals surface area contributed by atoms with Gasteiger partial charge in [-0.25, -0.2) is 4.68 Å². The van der Waals surface area contributed by atoms with E-state index in [9.17, 15) is 4.79 Å². The van der Waals surface area contributed by atoms with E-state index in [0.29, 0.717) is 23.2 Å². The molecular weight excluding hydrogens is 372 g/mol. The van der Waals surface area contributed by atoms with E-state index in [0.717, 1.165) is 28.8 Å². The molecule has 0 bridgehead atoms. The molecule has 1 aliphatic carbocycles. The molecule has 6 heteroatoms. The van der Waals surface area contributed by atoms with Gasteiger partial charge in [0.2, 0.25) is 5.95 Å². The van der Waals surface area contributed by atoms with Crippen LogP contribution in [0.5, 0.6) is 0 Å². The first kappa shape index (κ1) is 17.2. The largest absolute Gasteiger partial charge is 0.328 e. The molecule has 2 aromatic carbocycles. The van der Waals surface area contributed by atoms with E-state index < -0.39 is 0 Å². The first-order valence-electron chi connectivity index (χ1n) is 9.37. The fraction of sp³-hybridized carbons (Fsp3) is 0.227. The quantitative estimate of drug-likeness (QED) is 0.691. The molecule has 2 aliphatic rings. The van der Waals surface area contributed by atoms with E-state index in [4.69, 9.17) is 11.6 Å². The average molecular weight is 391 g/mol. The second-order valence-electron chi connectivity index (χ2n) is 7.34. The zero-order valence-electron chi connectivity index (χ0n) is 15.4. The summed E-state index contributed by atoms with van der Waals surface area (Å²) in [6, 6.07) is 17.6. The molecule has 2 heterocycles. The molecule has 3 aromatic rings. The number of allylic oxidation sites excluding steroid dienone is 2. The summed E-state index contributed by atoms with van der Waals surface area (Å²) >= 11 is 6.03. The Hall–Kier alpha value is -2.92. The van der Waals surface area contributed by atoms with E-state index in [1.165, 1.54) is 0 Å². The van der Waals surface area contributed by atoms with Gasteiger partial charge in [0.1, 0.15) is 11.9 Å². The number of aromatic nitrogens is 3. The second kappa shape index (κ2) is 6.60. The van der Waals surface area contributed by atoms with Crippen molar-refractivity contribution in [3.63, 3.8) is 0 Å². The minimum Gasteiger partial charge on any atom is -0.328 e. The summed E-state index contributed by atoms with van der Waals surface area (Å²) in [5.41, 5.74) is 3.92. The van der Waals surface area contributed by atoms with Crippen LogP contribution in [0.3, 0.4) is 0 Å². The maximum absolute atomic E-state index is 13.3. The summed E-state index contributed by atoms with van der Waals surface area (Å²) in [7, 11) is 0. The van der Waals surface area contributed by atoms with Crippen LogP contribution in [0.2, 0.25) is 5.02 Å². The molecule has 140 valence electrons. The lowest BCUT2D eigenvalue weighted by Gasteiger charge is -2.35. The number of Topliss-reactive ketones (excluding diaryl/α,β-unsaturated/α-hetero) is 1. The smallest absolute Gasteiger partial charge is 0.226 e. The van der Waals surface area contributed by atoms with Gasteiger partial charge in [0.05, 0.1) is 0 Å². The Balaban J connectivity index is 1.60. The number of nitrogens with one attached hydrogen (secondary N) is 1. The third-order valence-corrected chi connectivity index (χ3v) is 5.73. The van der Waals surface area contributed by atoms with Crippen molar-refractivity contribution in [2.45, 2.75) is 31.7 Å². The molecule has 5 nitrogen and oxygen atoms in total. The van der Waals surface area contributed by atoms with Crippen LogP contribution in [0.4, 0.5) is 5.95 Å². The lowest BCUT2D eigenvalue weighted by molar-refractivity contribution is -0.116. The van der Waals surface area contributed by atoms with Crippen molar-refractivity contribution < 1.29 is 4.79 Å². The van der Waals surface area contributed by atoms with Crippen LogP contribution >= 0.6 is 11.6 Å². The van der Waals surface area contributed by atoms with Crippen LogP contribution in [0.15, 0.2) is 65.9 Å². The van der Waals surface area contributed by atoms with Gasteiger partial charge in [-0.3, -0.25) is 4.79 Å². The number of halogens is 1. The summed E-state index contributed by atoms with van der Waals surface area (Å²) in [6.45, 7) is 1.87. The Bertz CT molecular complexity index is 1090. The van der Waals surface area contributed by atoms with E-state index in [1.54, 1.807) is 0 Å². The highest BCUT2D eigenvalue weighted by Crippen LogP contribution is 2.44. The number of ketones is 1. The maximum atomic E-state index is 13.3. The van der Waals surface area contributed by atoms with Gasteiger partial charge in [-0.1, -0.05) is 54.1 Å². The number of rotatable bonds is 2. The van der Waals surface area contributed by atoms with E-state index in [2.05, 4.69) is 15.4 Å². The van der Waals surface area contributed by atoms with E-state index in [1.807, 2.05) is 66.2 Å². The summed E-state index contributed by atoms with van der Waals surface area (Å²) in [4.78, 5) is 17.8. The van der Waals surface area contributed by atoms with Crippen molar-refractivity contribution in [1.82, 2.24) is 14.8 Å². The molecule has 0 saturated heterocycles. The number of hydrogen-bond donors (Lipinski definition) is 1. The zero-order chi connectivity index (χ0) is 19.3. The molecule has 28 heavy (non-hydrogen) atoms. The molecule has 2 atom stereocenters. The average Bonchev–Trinajstić information content (AvgIpc) is 3.07. The van der Waals surface area contributed by atoms with Crippen LogP contribution in [0.25, 0.3) is 0 Å². The monoisotopic (exact) mass is 390 g/mol. The number of aryl methyl sites for hydroxylation is 1. The minimum absolute atomic E-state index is 0.128. The normalized spacial score (nSPS) is 21.1. The number of carbonyl (C=O) groups excluding carboxylic acids is 1. The zero-order valence-corrected chi connectivity index (χ0v) is 16.1. The molecule has 1 aliphatic heterocycles. The van der Waals surface area contributed by atoms with Gasteiger partial charge in [-0.05, 0) is 42.5 Å². The molecule has 1 aromatic heterocycles. The first-order valence-corrected chi connectivity index (χ1v) is 9.75. The summed E-state index contributed by atoms with van der Waals surface area (Å²) in [5.74, 6) is 1.66. The van der Waals surface area contributed by atoms with Crippen molar-refractivity contribution in [1.29, 1.82) is 0 Å². The summed E-state index contributed by atoms with van der Waals surface area (Å²) in [5, 5.41) is 8.65. The van der Waals surface area contributed by atoms with Crippen LogP contribution in [0.1, 0.15) is 41.8 Å². The molecule has 0 amide bonds. The van der Waals surface area contributed by atoms with Gasteiger partial charge in [0.25, 0.3) is 0 Å². The van der Waals surface area contributed by atoms with Gasteiger partial charge in [-0.15, -0.1) is 0 Å². The molecular formula is C22H19ClN4O. The van der Waals surface area contributed by atoms with Crippen LogP contribution in [-0.4, -0.2) is 20.5 Å². The standard InChI is InChI=1S/C22H19ClN4O/c1-13-24-22-25-18-11-16(14-7-9-17(23)10-8-14)12-19(28)20(18)21(27(22)26-13)15-5-3-2-4-6-15/h2-10,16,21H,11-12H2,1H3,(H,24,25,26)/t16-,21-/m0/s1. The Morgan fingerprint density at radius 3 is 2.54 bits per heavy atom. The fourth-order valence-electron chi connectivity index (χ4n) is 4.23. The van der Waals surface area contributed by atoms with Gasteiger partial charge in [0.15, 0.2) is 5.78 Å². The predicted octanol–water partition coefficient (Wildman–Crippen LogP) is 4.66. The molecule has 0 spiro atoms. The van der Waals surface area contributed by atoms with Crippen molar-refractivity contribution >= 4 is 23.3 Å². The number of carbonyl (C=O) groups is 1. The Labute approximate surface area is 168 Å². The van der Waals surface area contributed by atoms with Gasteiger partial charge in [-0.2, -0.15) is 10.1 Å². The van der Waals surface area contributed by atoms with Gasteiger partial charge in [0, 0.05) is 22.7 Å². The highest BCUT2D eigenvalue weighted by atomic mass is 35.5. The summed E-state index contributed by atoms with van der Waals surface area (Å²) < 4.78 is 1.84. The number of anilines is 1. The van der Waals surface area contributed by atoms with Crippen molar-refractivity contribution in [3.05, 3.63) is 87.8 Å². The Kier molecular flexibility index (Phi) is 4.05. The van der Waals surface area contributed by atoms with Crippen LogP contribution < -0.4 is 5.32 Å². The van der Waals surface area contributed by atoms with Crippen LogP contribution in [0, 0.1) is 6.92 Å². The van der Waals surface area contributed by atoms with Gasteiger partial charge >= 0.3 is 0 Å². The van der Waals surface area contributed by atoms with E-state index >= 15 is 0 Å². The molecule has 5 rings (SSSR count). The second-order valence-corrected chi connectivity index (χ2v) is 7.77. The van der Waals surface area contributed by atoms with Crippen LogP contribution in [-0.2, 0) is 4.79 Å². The Morgan fingerprint density at radius 2 is 1.79 bits per heavy atom. The molecule has 0 saturated carbocycles. The number of benzene rings is 2. The third-order valence-electron chi connectivity index (χ3n) is 5.48. The summed E-state index contributed by atoms with van der Waals surface area (Å²) in [6.07, 6.45) is 1.24. The predicted molar refractivity (Wildman–Crippen MR) is 108 cm³/mol. The highest BCUT2D eigenvalue weighted by Gasteiger charge is 2.39. The number of fused-ring (bicyclic) bond motifs is 1. The number of nitrogens with zero attached hydrogens (tertiary/aromatic N) is 3. The first-order chi connectivity index (χ1) is 13.6. The highest BCUT2D eigenvalue weighted by molar-refractivity contribution is 6.30. The molecule has 0 radical (unpaired) electrons. The van der Waals surface area contributed by atoms with Crippen molar-refractivity contribution in [2.24, 2.45) is 0 Å². The lowest BCUT2D eigenvalue weighted by Crippen LogP contribution is -2.33.